The number of aliphatic imine (C=N–C) groups is 1. The van der Waals surface area contributed by atoms with Crippen LogP contribution in [-0.2, 0) is 9.53 Å². The summed E-state index contributed by atoms with van der Waals surface area (Å²) < 4.78 is 5.11. The predicted molar refractivity (Wildman–Crippen MR) is 89.3 cm³/mol. The van der Waals surface area contributed by atoms with Gasteiger partial charge in [0.05, 0.1) is 17.1 Å². The molecule has 1 aliphatic heterocycles. The normalized spacial score (nSPS) is 17.3. The first-order valence-corrected chi connectivity index (χ1v) is 8.21. The lowest BCUT2D eigenvalue weighted by atomic mass is 9.96. The third-order valence-corrected chi connectivity index (χ3v) is 3.92. The van der Waals surface area contributed by atoms with Crippen LogP contribution < -0.4 is 5.32 Å². The Morgan fingerprint density at radius 2 is 2.09 bits per heavy atom. The van der Waals surface area contributed by atoms with Crippen molar-refractivity contribution in [3.8, 4) is 0 Å². The Hall–Kier alpha value is -2.35. The summed E-state index contributed by atoms with van der Waals surface area (Å²) in [6.45, 7) is 3.79. The number of hydrogen-bond donors (Lipinski definition) is 1. The van der Waals surface area contributed by atoms with Crippen LogP contribution in [0.5, 0.6) is 0 Å². The molecule has 1 unspecified atom stereocenters. The molecule has 0 amide bonds. The Bertz CT molecular complexity index is 682. The van der Waals surface area contributed by atoms with Gasteiger partial charge < -0.3 is 10.1 Å². The summed E-state index contributed by atoms with van der Waals surface area (Å²) in [5.41, 5.74) is 1.78. The molecular weight excluding hydrogens is 318 g/mol. The van der Waals surface area contributed by atoms with E-state index < -0.39 is 16.9 Å². The second-order valence-electron chi connectivity index (χ2n) is 4.77. The van der Waals surface area contributed by atoms with E-state index in [1.807, 2.05) is 6.26 Å². The molecule has 0 aromatic heterocycles. The zero-order valence-electron chi connectivity index (χ0n) is 13.0. The van der Waals surface area contributed by atoms with E-state index in [4.69, 9.17) is 4.74 Å². The lowest BCUT2D eigenvalue weighted by Gasteiger charge is -2.25. The van der Waals surface area contributed by atoms with Gasteiger partial charge in [-0.15, -0.1) is 0 Å². The Morgan fingerprint density at radius 1 is 1.43 bits per heavy atom. The van der Waals surface area contributed by atoms with Crippen LogP contribution in [0.15, 0.2) is 40.5 Å². The van der Waals surface area contributed by atoms with Gasteiger partial charge in [-0.05, 0) is 37.8 Å². The summed E-state index contributed by atoms with van der Waals surface area (Å²) in [4.78, 5) is 27.1. The zero-order chi connectivity index (χ0) is 17.0. The molecular formula is C15H17N3O4S. The average molecular weight is 335 g/mol. The number of ether oxygens (including phenoxy) is 1. The molecule has 0 aliphatic carbocycles. The number of esters is 1. The van der Waals surface area contributed by atoms with Crippen molar-refractivity contribution < 1.29 is 14.5 Å². The highest BCUT2D eigenvalue weighted by atomic mass is 32.2. The van der Waals surface area contributed by atoms with Gasteiger partial charge in [-0.3, -0.25) is 10.1 Å². The molecule has 0 spiro atoms. The number of thioether (sulfide) groups is 1. The number of amidine groups is 1. The number of nitrogens with one attached hydrogen (secondary N) is 1. The number of carbonyl (C=O) groups excluding carboxylic acids is 1. The summed E-state index contributed by atoms with van der Waals surface area (Å²) in [7, 11) is 0. The topological polar surface area (TPSA) is 93.8 Å². The van der Waals surface area contributed by atoms with Crippen molar-refractivity contribution in [2.75, 3.05) is 12.9 Å². The molecule has 1 N–H and O–H groups in total. The summed E-state index contributed by atoms with van der Waals surface area (Å²) in [6, 6.07) is 5.50. The van der Waals surface area contributed by atoms with Crippen molar-refractivity contribution in [1.29, 1.82) is 0 Å². The van der Waals surface area contributed by atoms with Gasteiger partial charge in [-0.25, -0.2) is 9.79 Å². The van der Waals surface area contributed by atoms with Crippen LogP contribution >= 0.6 is 11.8 Å². The lowest BCUT2D eigenvalue weighted by molar-refractivity contribution is -0.384. The number of hydrogen-bond acceptors (Lipinski definition) is 7. The Balaban J connectivity index is 2.44. The molecule has 1 aliphatic rings. The molecule has 1 atom stereocenters. The minimum Gasteiger partial charge on any atom is -0.463 e. The average Bonchev–Trinajstić information content (AvgIpc) is 2.54. The molecule has 0 radical (unpaired) electrons. The smallest absolute Gasteiger partial charge is 0.338 e. The maximum atomic E-state index is 12.3. The second-order valence-corrected chi connectivity index (χ2v) is 5.57. The van der Waals surface area contributed by atoms with Crippen LogP contribution in [-0.4, -0.2) is 28.9 Å². The highest BCUT2D eigenvalue weighted by Gasteiger charge is 2.30. The van der Waals surface area contributed by atoms with E-state index in [0.29, 0.717) is 22.0 Å². The molecule has 1 aromatic rings. The minimum atomic E-state index is -0.543. The largest absolute Gasteiger partial charge is 0.463 e. The summed E-state index contributed by atoms with van der Waals surface area (Å²) >= 11 is 1.43. The first-order valence-electron chi connectivity index (χ1n) is 6.99. The molecule has 8 heteroatoms. The molecule has 0 saturated carbocycles. The van der Waals surface area contributed by atoms with Crippen molar-refractivity contribution >= 4 is 28.6 Å². The molecule has 7 nitrogen and oxygen atoms in total. The summed E-state index contributed by atoms with van der Waals surface area (Å²) in [6.07, 6.45) is 1.88. The molecule has 122 valence electrons. The predicted octanol–water partition coefficient (Wildman–Crippen LogP) is 2.80. The molecule has 1 heterocycles. The number of nitrogens with zero attached hydrogens (tertiary/aromatic N) is 2. The van der Waals surface area contributed by atoms with Crippen LogP contribution in [0.1, 0.15) is 25.5 Å². The zero-order valence-corrected chi connectivity index (χ0v) is 13.8. The van der Waals surface area contributed by atoms with E-state index in [0.717, 1.165) is 0 Å². The number of benzene rings is 1. The van der Waals surface area contributed by atoms with E-state index in [-0.39, 0.29) is 12.3 Å². The molecule has 2 rings (SSSR count). The SMILES string of the molecule is CCOC(=O)C1=C(C)NC(SC)=NC1c1ccc([N+](=O)[O-])cc1. The fourth-order valence-electron chi connectivity index (χ4n) is 2.24. The van der Waals surface area contributed by atoms with E-state index in [2.05, 4.69) is 10.3 Å². The van der Waals surface area contributed by atoms with Crippen LogP contribution in [0.25, 0.3) is 0 Å². The lowest BCUT2D eigenvalue weighted by Crippen LogP contribution is -2.30. The van der Waals surface area contributed by atoms with Crippen LogP contribution in [0.4, 0.5) is 5.69 Å². The molecule has 23 heavy (non-hydrogen) atoms. The third kappa shape index (κ3) is 3.70. The molecule has 0 saturated heterocycles. The molecule has 1 aromatic carbocycles. The first kappa shape index (κ1) is 17.0. The quantitative estimate of drug-likeness (QED) is 0.516. The Morgan fingerprint density at radius 3 is 2.61 bits per heavy atom. The Kier molecular flexibility index (Phi) is 5.38. The third-order valence-electron chi connectivity index (χ3n) is 3.33. The molecule has 0 fully saturated rings. The van der Waals surface area contributed by atoms with Gasteiger partial charge in [0.2, 0.25) is 0 Å². The maximum absolute atomic E-state index is 12.3. The standard InChI is InChI=1S/C15H17N3O4S/c1-4-22-14(19)12-9(2)16-15(23-3)17-13(12)10-5-7-11(8-6-10)18(20)21/h5-8,13H,4H2,1-3H3,(H,16,17). The Labute approximate surface area is 138 Å². The number of nitro benzene ring substituents is 1. The maximum Gasteiger partial charge on any atom is 0.338 e. The van der Waals surface area contributed by atoms with Gasteiger partial charge in [0.25, 0.3) is 5.69 Å². The highest BCUT2D eigenvalue weighted by Crippen LogP contribution is 2.33. The second kappa shape index (κ2) is 7.28. The van der Waals surface area contributed by atoms with Crippen molar-refractivity contribution in [1.82, 2.24) is 5.32 Å². The molecule has 0 bridgehead atoms. The fourth-order valence-corrected chi connectivity index (χ4v) is 2.71. The van der Waals surface area contributed by atoms with Crippen molar-refractivity contribution in [3.63, 3.8) is 0 Å². The van der Waals surface area contributed by atoms with Crippen molar-refractivity contribution in [2.45, 2.75) is 19.9 Å². The van der Waals surface area contributed by atoms with Gasteiger partial charge >= 0.3 is 5.97 Å². The van der Waals surface area contributed by atoms with Gasteiger partial charge in [0, 0.05) is 17.8 Å². The number of carbonyl (C=O) groups is 1. The van der Waals surface area contributed by atoms with Gasteiger partial charge in [0.1, 0.15) is 6.04 Å². The number of allylic oxidation sites excluding steroid dienone is 1. The van der Waals surface area contributed by atoms with E-state index in [1.165, 1.54) is 23.9 Å². The van der Waals surface area contributed by atoms with Crippen LogP contribution in [0, 0.1) is 10.1 Å². The van der Waals surface area contributed by atoms with E-state index in [1.54, 1.807) is 26.0 Å². The number of rotatable bonds is 4. The van der Waals surface area contributed by atoms with E-state index >= 15 is 0 Å². The number of nitro groups is 1. The number of non-ortho nitro benzene ring substituents is 1. The summed E-state index contributed by atoms with van der Waals surface area (Å²) in [5, 5.41) is 14.5. The summed E-state index contributed by atoms with van der Waals surface area (Å²) in [5.74, 6) is -0.440. The van der Waals surface area contributed by atoms with Gasteiger partial charge in [-0.1, -0.05) is 11.8 Å². The van der Waals surface area contributed by atoms with Crippen LogP contribution in [0.2, 0.25) is 0 Å². The van der Waals surface area contributed by atoms with E-state index in [9.17, 15) is 14.9 Å². The fraction of sp³-hybridized carbons (Fsp3) is 0.333. The van der Waals surface area contributed by atoms with Crippen molar-refractivity contribution in [2.24, 2.45) is 4.99 Å². The monoisotopic (exact) mass is 335 g/mol. The highest BCUT2D eigenvalue weighted by molar-refractivity contribution is 8.13. The van der Waals surface area contributed by atoms with Crippen molar-refractivity contribution in [3.05, 3.63) is 51.2 Å². The van der Waals surface area contributed by atoms with Gasteiger partial charge in [0.15, 0.2) is 5.17 Å². The first-order chi connectivity index (χ1) is 11.0. The minimum absolute atomic E-state index is 0.00450. The van der Waals surface area contributed by atoms with Crippen LogP contribution in [0.3, 0.4) is 0 Å². The van der Waals surface area contributed by atoms with Gasteiger partial charge in [-0.2, -0.15) is 0 Å².